The molecule has 0 atom stereocenters. The number of hydrogen-bond acceptors (Lipinski definition) is 4. The molecule has 10 heteroatoms. The topological polar surface area (TPSA) is 58.2 Å². The van der Waals surface area contributed by atoms with E-state index in [2.05, 4.69) is 10.4 Å². The van der Waals surface area contributed by atoms with E-state index < -0.39 is 5.24 Å². The van der Waals surface area contributed by atoms with Crippen LogP contribution in [0.2, 0.25) is 10.0 Å². The minimum Gasteiger partial charge on any atom is -0.298 e. The van der Waals surface area contributed by atoms with Crippen molar-refractivity contribution >= 4 is 82.9 Å². The third kappa shape index (κ3) is 15.4. The molecular weight excluding hydrogens is 489 g/mol. The maximum Gasteiger partial charge on any atom is 0.252 e. The molecule has 0 saturated heterocycles. The van der Waals surface area contributed by atoms with Gasteiger partial charge in [-0.25, -0.2) is 5.43 Å². The van der Waals surface area contributed by atoms with Crippen LogP contribution in [0.3, 0.4) is 0 Å². The fourth-order valence-electron chi connectivity index (χ4n) is 1.33. The van der Waals surface area contributed by atoms with E-state index >= 15 is 0 Å². The summed E-state index contributed by atoms with van der Waals surface area (Å²) in [5.41, 5.74) is 3.75. The third-order valence-electron chi connectivity index (χ3n) is 2.54. The molecule has 4 nitrogen and oxygen atoms in total. The number of hydrazine groups is 1. The molecule has 0 heterocycles. The van der Waals surface area contributed by atoms with Gasteiger partial charge >= 0.3 is 0 Å². The molecule has 2 rings (SSSR count). The van der Waals surface area contributed by atoms with Crippen LogP contribution in [0.25, 0.3) is 0 Å². The van der Waals surface area contributed by atoms with Crippen LogP contribution in [-0.2, 0) is 0 Å². The highest BCUT2D eigenvalue weighted by Crippen LogP contribution is 2.21. The number of hydrogen-bond donors (Lipinski definition) is 2. The van der Waals surface area contributed by atoms with Crippen LogP contribution < -0.4 is 10.4 Å². The van der Waals surface area contributed by atoms with Gasteiger partial charge in [-0.1, -0.05) is 59.6 Å². The molecule has 0 aliphatic rings. The van der Waals surface area contributed by atoms with Gasteiger partial charge in [0.1, 0.15) is 0 Å². The number of rotatable bonds is 3. The Hall–Kier alpha value is -0.560. The van der Waals surface area contributed by atoms with Crippen molar-refractivity contribution in [2.45, 2.75) is 26.3 Å². The van der Waals surface area contributed by atoms with Gasteiger partial charge in [0.2, 0.25) is 0 Å². The Balaban J connectivity index is -0.000000329. The third-order valence-corrected chi connectivity index (χ3v) is 3.51. The van der Waals surface area contributed by atoms with E-state index in [9.17, 15) is 9.59 Å². The maximum absolute atomic E-state index is 10.4. The predicted octanol–water partition coefficient (Wildman–Crippen LogP) is 6.75. The van der Waals surface area contributed by atoms with Crippen LogP contribution in [0.1, 0.15) is 41.5 Å². The van der Waals surface area contributed by atoms with Gasteiger partial charge < -0.3 is 0 Å². The summed E-state index contributed by atoms with van der Waals surface area (Å²) in [7, 11) is 0. The van der Waals surface area contributed by atoms with Crippen LogP contribution in [0, 0.1) is 0 Å². The first-order chi connectivity index (χ1) is 12.1. The van der Waals surface area contributed by atoms with Crippen molar-refractivity contribution in [3.63, 3.8) is 0 Å². The van der Waals surface area contributed by atoms with Gasteiger partial charge in [0.25, 0.3) is 5.24 Å². The summed E-state index contributed by atoms with van der Waals surface area (Å²) in [6.07, 6.45) is 0.644. The summed E-state index contributed by atoms with van der Waals surface area (Å²) in [5, 5.41) is 0.376. The second-order valence-electron chi connectivity index (χ2n) is 5.86. The first-order valence-corrected chi connectivity index (χ1v) is 8.90. The van der Waals surface area contributed by atoms with Gasteiger partial charge in [-0.2, -0.15) is 4.94 Å². The molecule has 2 aromatic rings. The standard InChI is InChI=1S/C7H4Cl2O.C7H5ClO.C4H11ClN2.2ClH/c8-6-2-1-3-7(9)5(6)4-10;8-7(9)6-4-2-1-3-5-6;1-4(2,3)6-7-5;;/h1-4H;1-5H;6-7H,1-3H3;2*1H. The molecule has 2 aromatic carbocycles. The van der Waals surface area contributed by atoms with Gasteiger partial charge in [0.15, 0.2) is 6.29 Å². The zero-order valence-electron chi connectivity index (χ0n) is 15.3. The van der Waals surface area contributed by atoms with Crippen molar-refractivity contribution in [2.24, 2.45) is 0 Å². The lowest BCUT2D eigenvalue weighted by Crippen LogP contribution is -2.41. The monoisotopic (exact) mass is 508 g/mol. The van der Waals surface area contributed by atoms with Crippen molar-refractivity contribution in [3.05, 3.63) is 69.7 Å². The van der Waals surface area contributed by atoms with Crippen LogP contribution in [0.4, 0.5) is 0 Å². The van der Waals surface area contributed by atoms with Crippen LogP contribution in [0.5, 0.6) is 0 Å². The smallest absolute Gasteiger partial charge is 0.252 e. The Labute approximate surface area is 198 Å². The largest absolute Gasteiger partial charge is 0.298 e. The highest BCUT2D eigenvalue weighted by atomic mass is 35.5. The molecule has 0 bridgehead atoms. The highest BCUT2D eigenvalue weighted by Gasteiger charge is 2.05. The minimum absolute atomic E-state index is 0. The van der Waals surface area contributed by atoms with E-state index in [1.54, 1.807) is 42.5 Å². The average molecular weight is 511 g/mol. The minimum atomic E-state index is -0.407. The molecule has 0 spiro atoms. The summed E-state index contributed by atoms with van der Waals surface area (Å²) in [6, 6.07) is 13.7. The van der Waals surface area contributed by atoms with E-state index in [4.69, 9.17) is 46.6 Å². The highest BCUT2D eigenvalue weighted by molar-refractivity contribution is 6.67. The lowest BCUT2D eigenvalue weighted by molar-refractivity contribution is 0.108. The van der Waals surface area contributed by atoms with Crippen molar-refractivity contribution in [3.8, 4) is 0 Å². The van der Waals surface area contributed by atoms with Crippen molar-refractivity contribution in [1.29, 1.82) is 0 Å². The van der Waals surface area contributed by atoms with Crippen molar-refractivity contribution < 1.29 is 9.59 Å². The lowest BCUT2D eigenvalue weighted by atomic mass is 10.1. The summed E-state index contributed by atoms with van der Waals surface area (Å²) in [6.45, 7) is 6.05. The Kier molecular flexibility index (Phi) is 19.9. The van der Waals surface area contributed by atoms with Crippen LogP contribution in [-0.4, -0.2) is 17.1 Å². The van der Waals surface area contributed by atoms with Gasteiger partial charge in [-0.15, -0.1) is 24.8 Å². The second kappa shape index (κ2) is 17.3. The maximum atomic E-state index is 10.4. The number of nitrogens with one attached hydrogen (secondary N) is 2. The summed E-state index contributed by atoms with van der Waals surface area (Å²) in [5.74, 6) is 0. The quantitative estimate of drug-likeness (QED) is 0.207. The zero-order chi connectivity index (χ0) is 20.2. The number of halogens is 6. The van der Waals surface area contributed by atoms with E-state index in [0.29, 0.717) is 27.5 Å². The molecular formula is C18H22Cl6N2O2. The molecule has 0 unspecified atom stereocenters. The van der Waals surface area contributed by atoms with Crippen LogP contribution >= 0.6 is 71.4 Å². The predicted molar refractivity (Wildman–Crippen MR) is 125 cm³/mol. The lowest BCUT2D eigenvalue weighted by Gasteiger charge is -2.17. The van der Waals surface area contributed by atoms with Crippen molar-refractivity contribution in [2.75, 3.05) is 0 Å². The summed E-state index contributed by atoms with van der Waals surface area (Å²) in [4.78, 5) is 23.0. The molecule has 0 fully saturated rings. The molecule has 0 aliphatic carbocycles. The Morgan fingerprint density at radius 3 is 1.61 bits per heavy atom. The van der Waals surface area contributed by atoms with Gasteiger partial charge in [-0.3, -0.25) is 9.59 Å². The van der Waals surface area contributed by atoms with Gasteiger partial charge in [0, 0.05) is 11.1 Å². The van der Waals surface area contributed by atoms with E-state index in [-0.39, 0.29) is 30.4 Å². The molecule has 0 radical (unpaired) electrons. The molecule has 158 valence electrons. The molecule has 0 saturated carbocycles. The van der Waals surface area contributed by atoms with Gasteiger partial charge in [-0.05, 0) is 56.3 Å². The van der Waals surface area contributed by atoms with E-state index in [1.807, 2.05) is 26.8 Å². The van der Waals surface area contributed by atoms with Crippen LogP contribution in [0.15, 0.2) is 48.5 Å². The zero-order valence-corrected chi connectivity index (χ0v) is 20.0. The van der Waals surface area contributed by atoms with E-state index in [1.165, 1.54) is 0 Å². The molecule has 28 heavy (non-hydrogen) atoms. The Morgan fingerprint density at radius 1 is 0.929 bits per heavy atom. The second-order valence-corrected chi connectivity index (χ2v) is 7.21. The molecule has 0 aliphatic heterocycles. The fraction of sp³-hybridized carbons (Fsp3) is 0.222. The van der Waals surface area contributed by atoms with Crippen molar-refractivity contribution in [1.82, 2.24) is 10.4 Å². The Morgan fingerprint density at radius 2 is 1.39 bits per heavy atom. The summed E-state index contributed by atoms with van der Waals surface area (Å²) >= 11 is 21.5. The number of aldehydes is 1. The average Bonchev–Trinajstić information content (AvgIpc) is 2.56. The SMILES string of the molecule is CC(C)(C)NNCl.Cl.Cl.O=C(Cl)c1ccccc1.O=Cc1c(Cl)cccc1Cl. The normalized spacial score (nSPS) is 9.25. The fourth-order valence-corrected chi connectivity index (χ4v) is 2.23. The number of carbonyl (C=O) groups is 2. The first-order valence-electron chi connectivity index (χ1n) is 7.39. The van der Waals surface area contributed by atoms with Gasteiger partial charge in [0.05, 0.1) is 15.6 Å². The number of benzene rings is 2. The molecule has 0 amide bonds. The molecule has 2 N–H and O–H groups in total. The van der Waals surface area contributed by atoms with E-state index in [0.717, 1.165) is 0 Å². The first kappa shape index (κ1) is 32.1. The Bertz CT molecular complexity index is 674. The molecule has 0 aromatic heterocycles. The summed E-state index contributed by atoms with van der Waals surface area (Å²) < 4.78 is 0. The number of carbonyl (C=O) groups excluding carboxylic acids is 2.